The summed E-state index contributed by atoms with van der Waals surface area (Å²) in [6.07, 6.45) is 1.09. The Morgan fingerprint density at radius 2 is 1.65 bits per heavy atom. The van der Waals surface area contributed by atoms with Crippen molar-refractivity contribution in [1.82, 2.24) is 0 Å². The molecule has 2 atom stereocenters. The molecule has 1 aliphatic heterocycles. The molecule has 0 saturated carbocycles. The first-order chi connectivity index (χ1) is 11.0. The van der Waals surface area contributed by atoms with Crippen LogP contribution in [0.1, 0.15) is 11.1 Å². The van der Waals surface area contributed by atoms with Crippen molar-refractivity contribution in [2.75, 3.05) is 12.9 Å². The molecule has 0 amide bonds. The zero-order chi connectivity index (χ0) is 16.5. The van der Waals surface area contributed by atoms with E-state index in [1.807, 2.05) is 24.3 Å². The lowest BCUT2D eigenvalue weighted by Crippen LogP contribution is -2.43. The monoisotopic (exact) mass is 331 g/mol. The first-order valence-corrected chi connectivity index (χ1v) is 9.10. The molecule has 23 heavy (non-hydrogen) atoms. The molecule has 0 radical (unpaired) electrons. The van der Waals surface area contributed by atoms with E-state index in [9.17, 15) is 13.5 Å². The molecule has 1 N–H and O–H groups in total. The van der Waals surface area contributed by atoms with E-state index in [-0.39, 0.29) is 5.90 Å². The van der Waals surface area contributed by atoms with E-state index in [1.165, 1.54) is 0 Å². The second kappa shape index (κ2) is 5.79. The maximum atomic E-state index is 12.2. The Morgan fingerprint density at radius 3 is 2.17 bits per heavy atom. The predicted octanol–water partition coefficient (Wildman–Crippen LogP) is 1.72. The van der Waals surface area contributed by atoms with Crippen LogP contribution in [0, 0.1) is 0 Å². The van der Waals surface area contributed by atoms with Gasteiger partial charge >= 0.3 is 0 Å². The summed E-state index contributed by atoms with van der Waals surface area (Å²) in [5.41, 5.74) is -1.35. The van der Waals surface area contributed by atoms with Gasteiger partial charge in [-0.3, -0.25) is 0 Å². The molecule has 0 saturated heterocycles. The van der Waals surface area contributed by atoms with Crippen molar-refractivity contribution in [2.24, 2.45) is 4.99 Å². The highest BCUT2D eigenvalue weighted by molar-refractivity contribution is 7.91. The van der Waals surface area contributed by atoms with Crippen LogP contribution in [0.4, 0.5) is 0 Å². The number of aliphatic imine (C=N–C) groups is 1. The molecule has 1 heterocycles. The minimum absolute atomic E-state index is 0.221. The van der Waals surface area contributed by atoms with Gasteiger partial charge in [0.25, 0.3) is 0 Å². The number of sulfone groups is 1. The molecular weight excluding hydrogens is 314 g/mol. The van der Waals surface area contributed by atoms with E-state index in [4.69, 9.17) is 4.74 Å². The first kappa shape index (κ1) is 15.7. The van der Waals surface area contributed by atoms with E-state index in [0.29, 0.717) is 11.1 Å². The zero-order valence-electron chi connectivity index (χ0n) is 12.6. The Balaban J connectivity index is 2.18. The topological polar surface area (TPSA) is 76.0 Å². The van der Waals surface area contributed by atoms with Crippen LogP contribution in [-0.4, -0.2) is 37.7 Å². The minimum Gasteiger partial charge on any atom is -0.455 e. The Labute approximate surface area is 135 Å². The zero-order valence-corrected chi connectivity index (χ0v) is 13.4. The molecule has 120 valence electrons. The van der Waals surface area contributed by atoms with Crippen LogP contribution in [0.5, 0.6) is 0 Å². The summed E-state index contributed by atoms with van der Waals surface area (Å²) >= 11 is 0. The van der Waals surface area contributed by atoms with Gasteiger partial charge in [-0.15, -0.1) is 0 Å². The molecular formula is C17H17NO4S. The van der Waals surface area contributed by atoms with Crippen molar-refractivity contribution in [2.45, 2.75) is 11.0 Å². The highest BCUT2D eigenvalue weighted by Crippen LogP contribution is 2.39. The average molecular weight is 331 g/mol. The lowest BCUT2D eigenvalue weighted by molar-refractivity contribution is 0.132. The van der Waals surface area contributed by atoms with Gasteiger partial charge in [0, 0.05) is 11.8 Å². The molecule has 0 aliphatic carbocycles. The highest BCUT2D eigenvalue weighted by Gasteiger charge is 2.52. The Kier molecular flexibility index (Phi) is 3.95. The average Bonchev–Trinajstić information content (AvgIpc) is 2.98. The van der Waals surface area contributed by atoms with Gasteiger partial charge in [0.05, 0.1) is 6.61 Å². The SMILES string of the molecule is CS(=O)(=O)C1OC(c2ccccc2)=NC1(CO)c1ccccc1. The molecule has 0 bridgehead atoms. The third-order valence-corrected chi connectivity index (χ3v) is 5.10. The van der Waals surface area contributed by atoms with Gasteiger partial charge in [0.15, 0.2) is 15.4 Å². The second-order valence-electron chi connectivity index (χ2n) is 5.51. The Hall–Kier alpha value is -2.18. The molecule has 0 aromatic heterocycles. The van der Waals surface area contributed by atoms with Gasteiger partial charge in [-0.2, -0.15) is 0 Å². The molecule has 2 unspecified atom stereocenters. The van der Waals surface area contributed by atoms with Gasteiger partial charge in [-0.1, -0.05) is 48.5 Å². The normalized spacial score (nSPS) is 24.1. The molecule has 2 aromatic rings. The fourth-order valence-electron chi connectivity index (χ4n) is 2.74. The van der Waals surface area contributed by atoms with Crippen molar-refractivity contribution in [3.63, 3.8) is 0 Å². The van der Waals surface area contributed by atoms with Crippen LogP contribution < -0.4 is 0 Å². The molecule has 0 fully saturated rings. The maximum Gasteiger partial charge on any atom is 0.231 e. The van der Waals surface area contributed by atoms with Crippen molar-refractivity contribution < 1.29 is 18.3 Å². The third-order valence-electron chi connectivity index (χ3n) is 3.83. The van der Waals surface area contributed by atoms with Gasteiger partial charge in [-0.05, 0) is 17.7 Å². The Morgan fingerprint density at radius 1 is 1.09 bits per heavy atom. The smallest absolute Gasteiger partial charge is 0.231 e. The minimum atomic E-state index is -3.61. The van der Waals surface area contributed by atoms with Gasteiger partial charge in [0.2, 0.25) is 11.3 Å². The maximum absolute atomic E-state index is 12.2. The summed E-state index contributed by atoms with van der Waals surface area (Å²) in [5, 5.41) is 10.0. The van der Waals surface area contributed by atoms with E-state index < -0.39 is 27.4 Å². The molecule has 0 spiro atoms. The summed E-state index contributed by atoms with van der Waals surface area (Å²) in [5.74, 6) is 0.221. The van der Waals surface area contributed by atoms with Crippen LogP contribution in [0.15, 0.2) is 65.7 Å². The molecule has 1 aliphatic rings. The van der Waals surface area contributed by atoms with Crippen molar-refractivity contribution in [3.8, 4) is 0 Å². The first-order valence-electron chi connectivity index (χ1n) is 7.14. The number of nitrogens with zero attached hydrogens (tertiary/aromatic N) is 1. The van der Waals surface area contributed by atoms with Crippen LogP contribution in [0.25, 0.3) is 0 Å². The largest absolute Gasteiger partial charge is 0.455 e. The van der Waals surface area contributed by atoms with Crippen LogP contribution in [0.3, 0.4) is 0 Å². The number of rotatable bonds is 4. The number of aliphatic hydroxyl groups excluding tert-OH is 1. The molecule has 5 nitrogen and oxygen atoms in total. The fraction of sp³-hybridized carbons (Fsp3) is 0.235. The summed E-state index contributed by atoms with van der Waals surface area (Å²) in [6.45, 7) is -0.467. The highest BCUT2D eigenvalue weighted by atomic mass is 32.2. The van der Waals surface area contributed by atoms with E-state index in [0.717, 1.165) is 6.26 Å². The second-order valence-corrected chi connectivity index (χ2v) is 7.60. The summed E-state index contributed by atoms with van der Waals surface area (Å²) in [4.78, 5) is 4.49. The standard InChI is InChI=1S/C17H17NO4S/c1-23(20,21)16-17(12-19,14-10-6-3-7-11-14)18-15(22-16)13-8-4-2-5-9-13/h2-11,16,19H,12H2,1H3. The van der Waals surface area contributed by atoms with E-state index in [1.54, 1.807) is 36.4 Å². The van der Waals surface area contributed by atoms with Crippen LogP contribution >= 0.6 is 0 Å². The predicted molar refractivity (Wildman–Crippen MR) is 87.9 cm³/mol. The number of benzene rings is 2. The molecule has 6 heteroatoms. The lowest BCUT2D eigenvalue weighted by atomic mass is 9.92. The van der Waals surface area contributed by atoms with Gasteiger partial charge < -0.3 is 9.84 Å². The van der Waals surface area contributed by atoms with E-state index in [2.05, 4.69) is 4.99 Å². The summed E-state index contributed by atoms with van der Waals surface area (Å²) < 4.78 is 30.2. The lowest BCUT2D eigenvalue weighted by Gasteiger charge is -2.28. The van der Waals surface area contributed by atoms with Gasteiger partial charge in [0.1, 0.15) is 0 Å². The number of hydrogen-bond acceptors (Lipinski definition) is 5. The van der Waals surface area contributed by atoms with Crippen LogP contribution in [-0.2, 0) is 20.1 Å². The van der Waals surface area contributed by atoms with Crippen LogP contribution in [0.2, 0.25) is 0 Å². The van der Waals surface area contributed by atoms with Crippen molar-refractivity contribution >= 4 is 15.7 Å². The fourth-order valence-corrected chi connectivity index (χ4v) is 3.98. The molecule has 2 aromatic carbocycles. The van der Waals surface area contributed by atoms with Crippen molar-refractivity contribution in [1.29, 1.82) is 0 Å². The number of hydrogen-bond donors (Lipinski definition) is 1. The quantitative estimate of drug-likeness (QED) is 0.925. The number of ether oxygens (including phenoxy) is 1. The summed E-state index contributed by atoms with van der Waals surface area (Å²) in [7, 11) is -3.61. The third kappa shape index (κ3) is 2.75. The van der Waals surface area contributed by atoms with Crippen molar-refractivity contribution in [3.05, 3.63) is 71.8 Å². The summed E-state index contributed by atoms with van der Waals surface area (Å²) in [6, 6.07) is 17.9. The van der Waals surface area contributed by atoms with E-state index >= 15 is 0 Å². The number of aliphatic hydroxyl groups is 1. The Bertz CT molecular complexity index is 818. The molecule has 3 rings (SSSR count). The van der Waals surface area contributed by atoms with Gasteiger partial charge in [-0.25, -0.2) is 13.4 Å².